The van der Waals surface area contributed by atoms with Crippen LogP contribution < -0.4 is 24.3 Å². The average molecular weight is 434 g/mol. The molecule has 0 fully saturated rings. The fourth-order valence-electron chi connectivity index (χ4n) is 3.00. The highest BCUT2D eigenvalue weighted by molar-refractivity contribution is 5.76. The molecule has 0 spiro atoms. The van der Waals surface area contributed by atoms with Crippen LogP contribution in [0.25, 0.3) is 0 Å². The molecule has 2 rings (SSSR count). The van der Waals surface area contributed by atoms with Crippen molar-refractivity contribution in [1.29, 1.82) is 0 Å². The first-order chi connectivity index (χ1) is 15.0. The first-order valence-electron chi connectivity index (χ1n) is 10.1. The zero-order valence-electron chi connectivity index (χ0n) is 18.4. The maximum Gasteiger partial charge on any atom is 0.323 e. The highest BCUT2D eigenvalue weighted by Gasteiger charge is 2.21. The molecule has 0 aliphatic rings. The van der Waals surface area contributed by atoms with Crippen molar-refractivity contribution in [3.63, 3.8) is 0 Å². The molecule has 0 aliphatic heterocycles. The Balaban J connectivity index is 1.95. The Hall–Kier alpha value is -2.97. The second-order valence-corrected chi connectivity index (χ2v) is 6.73. The predicted octanol–water partition coefficient (Wildman–Crippen LogP) is 2.22. The van der Waals surface area contributed by atoms with E-state index in [1.54, 1.807) is 19.1 Å². The summed E-state index contributed by atoms with van der Waals surface area (Å²) >= 11 is 0. The second kappa shape index (κ2) is 12.7. The Kier molecular flexibility index (Phi) is 9.93. The van der Waals surface area contributed by atoms with Crippen molar-refractivity contribution in [3.05, 3.63) is 48.0 Å². The molecule has 2 aromatic rings. The summed E-state index contributed by atoms with van der Waals surface area (Å²) in [5.74, 6) is 1.46. The van der Waals surface area contributed by atoms with Crippen LogP contribution in [-0.2, 0) is 16.0 Å². The minimum atomic E-state index is -0.855. The second-order valence-electron chi connectivity index (χ2n) is 6.73. The SMILES string of the molecule is CCOC(=O)C(Cc1ccccc1)NCC(O)COc1cc(OC)c(OC)c(OC)c1. The first kappa shape index (κ1) is 24.3. The molecule has 0 aromatic heterocycles. The van der Waals surface area contributed by atoms with E-state index in [2.05, 4.69) is 5.32 Å². The Labute approximate surface area is 183 Å². The van der Waals surface area contributed by atoms with Crippen molar-refractivity contribution in [2.75, 3.05) is 41.1 Å². The molecule has 0 radical (unpaired) electrons. The third-order valence-corrected chi connectivity index (χ3v) is 4.53. The van der Waals surface area contributed by atoms with E-state index in [1.165, 1.54) is 21.3 Å². The number of hydrogen-bond acceptors (Lipinski definition) is 8. The van der Waals surface area contributed by atoms with Crippen LogP contribution in [0, 0.1) is 0 Å². The van der Waals surface area contributed by atoms with Gasteiger partial charge in [-0.2, -0.15) is 0 Å². The van der Waals surface area contributed by atoms with Gasteiger partial charge < -0.3 is 34.1 Å². The molecule has 31 heavy (non-hydrogen) atoms. The van der Waals surface area contributed by atoms with Crippen LogP contribution in [0.4, 0.5) is 0 Å². The Morgan fingerprint density at radius 1 is 1.03 bits per heavy atom. The number of aliphatic hydroxyl groups is 1. The lowest BCUT2D eigenvalue weighted by Gasteiger charge is -2.20. The van der Waals surface area contributed by atoms with Gasteiger partial charge >= 0.3 is 5.97 Å². The Morgan fingerprint density at radius 2 is 1.68 bits per heavy atom. The minimum absolute atomic E-state index is 0.00647. The molecule has 0 saturated carbocycles. The summed E-state index contributed by atoms with van der Waals surface area (Å²) in [4.78, 5) is 12.3. The van der Waals surface area contributed by atoms with E-state index in [-0.39, 0.29) is 19.1 Å². The first-order valence-corrected chi connectivity index (χ1v) is 10.1. The molecule has 170 valence electrons. The number of nitrogens with one attached hydrogen (secondary N) is 1. The average Bonchev–Trinajstić information content (AvgIpc) is 2.80. The summed E-state index contributed by atoms with van der Waals surface area (Å²) in [5, 5.41) is 13.4. The van der Waals surface area contributed by atoms with E-state index < -0.39 is 12.1 Å². The third-order valence-electron chi connectivity index (χ3n) is 4.53. The van der Waals surface area contributed by atoms with Gasteiger partial charge in [-0.05, 0) is 18.9 Å². The van der Waals surface area contributed by atoms with Crippen LogP contribution in [0.5, 0.6) is 23.0 Å². The number of carbonyl (C=O) groups excluding carboxylic acids is 1. The molecule has 8 nitrogen and oxygen atoms in total. The van der Waals surface area contributed by atoms with E-state index in [0.29, 0.717) is 36.0 Å². The zero-order chi connectivity index (χ0) is 22.6. The van der Waals surface area contributed by atoms with Gasteiger partial charge in [0.05, 0.1) is 27.9 Å². The van der Waals surface area contributed by atoms with Gasteiger partial charge in [0.1, 0.15) is 24.5 Å². The molecule has 8 heteroatoms. The Morgan fingerprint density at radius 3 is 2.23 bits per heavy atom. The van der Waals surface area contributed by atoms with Crippen LogP contribution >= 0.6 is 0 Å². The van der Waals surface area contributed by atoms with Crippen LogP contribution in [-0.4, -0.2) is 64.3 Å². The molecular formula is C23H31NO7. The lowest BCUT2D eigenvalue weighted by molar-refractivity contribution is -0.145. The smallest absolute Gasteiger partial charge is 0.323 e. The van der Waals surface area contributed by atoms with E-state index in [9.17, 15) is 9.90 Å². The van der Waals surface area contributed by atoms with Gasteiger partial charge in [-0.1, -0.05) is 30.3 Å². The van der Waals surface area contributed by atoms with Crippen molar-refractivity contribution in [3.8, 4) is 23.0 Å². The van der Waals surface area contributed by atoms with Gasteiger partial charge in [0.15, 0.2) is 11.5 Å². The standard InChI is InChI=1S/C23H31NO7/c1-5-30-23(26)19(11-16-9-7-6-8-10-16)24-14-17(25)15-31-18-12-20(27-2)22(29-4)21(13-18)28-3/h6-10,12-13,17,19,24-25H,5,11,14-15H2,1-4H3. The summed E-state index contributed by atoms with van der Waals surface area (Å²) in [6.07, 6.45) is -0.396. The summed E-state index contributed by atoms with van der Waals surface area (Å²) < 4.78 is 26.7. The monoisotopic (exact) mass is 433 g/mol. The summed E-state index contributed by atoms with van der Waals surface area (Å²) in [6.45, 7) is 2.21. The van der Waals surface area contributed by atoms with Crippen molar-refractivity contribution < 1.29 is 33.6 Å². The van der Waals surface area contributed by atoms with Gasteiger partial charge in [-0.15, -0.1) is 0 Å². The van der Waals surface area contributed by atoms with Gasteiger partial charge in [0, 0.05) is 18.7 Å². The number of hydrogen-bond donors (Lipinski definition) is 2. The molecular weight excluding hydrogens is 402 g/mol. The van der Waals surface area contributed by atoms with Crippen molar-refractivity contribution in [2.45, 2.75) is 25.5 Å². The molecule has 2 N–H and O–H groups in total. The van der Waals surface area contributed by atoms with Crippen LogP contribution in [0.1, 0.15) is 12.5 Å². The largest absolute Gasteiger partial charge is 0.493 e. The van der Waals surface area contributed by atoms with E-state index in [4.69, 9.17) is 23.7 Å². The Bertz CT molecular complexity index is 788. The van der Waals surface area contributed by atoms with Gasteiger partial charge in [0.2, 0.25) is 5.75 Å². The summed E-state index contributed by atoms with van der Waals surface area (Å²) in [6, 6.07) is 12.4. The fraction of sp³-hybridized carbons (Fsp3) is 0.435. The quantitative estimate of drug-likeness (QED) is 0.465. The number of benzene rings is 2. The van der Waals surface area contributed by atoms with Crippen molar-refractivity contribution in [2.24, 2.45) is 0 Å². The minimum Gasteiger partial charge on any atom is -0.493 e. The van der Waals surface area contributed by atoms with E-state index in [0.717, 1.165) is 5.56 Å². The lowest BCUT2D eigenvalue weighted by atomic mass is 10.1. The lowest BCUT2D eigenvalue weighted by Crippen LogP contribution is -2.44. The topological polar surface area (TPSA) is 95.5 Å². The van der Waals surface area contributed by atoms with E-state index >= 15 is 0 Å². The zero-order valence-corrected chi connectivity index (χ0v) is 18.4. The number of esters is 1. The van der Waals surface area contributed by atoms with E-state index in [1.807, 2.05) is 30.3 Å². The molecule has 2 unspecified atom stereocenters. The summed E-state index contributed by atoms with van der Waals surface area (Å²) in [5.41, 5.74) is 0.996. The fourth-order valence-corrected chi connectivity index (χ4v) is 3.00. The molecule has 2 aromatic carbocycles. The van der Waals surface area contributed by atoms with Crippen LogP contribution in [0.3, 0.4) is 0 Å². The van der Waals surface area contributed by atoms with Crippen LogP contribution in [0.2, 0.25) is 0 Å². The predicted molar refractivity (Wildman–Crippen MR) is 116 cm³/mol. The molecule has 2 atom stereocenters. The molecule has 0 bridgehead atoms. The van der Waals surface area contributed by atoms with Gasteiger partial charge in [0.25, 0.3) is 0 Å². The number of carbonyl (C=O) groups is 1. The maximum atomic E-state index is 12.3. The highest BCUT2D eigenvalue weighted by atomic mass is 16.5. The number of ether oxygens (including phenoxy) is 5. The van der Waals surface area contributed by atoms with Crippen LogP contribution in [0.15, 0.2) is 42.5 Å². The number of methoxy groups -OCH3 is 3. The van der Waals surface area contributed by atoms with Crippen molar-refractivity contribution in [1.82, 2.24) is 5.32 Å². The van der Waals surface area contributed by atoms with Gasteiger partial charge in [-0.25, -0.2) is 0 Å². The summed E-state index contributed by atoms with van der Waals surface area (Å²) in [7, 11) is 4.55. The number of aliphatic hydroxyl groups excluding tert-OH is 1. The molecule has 0 saturated heterocycles. The normalized spacial score (nSPS) is 12.5. The maximum absolute atomic E-state index is 12.3. The highest BCUT2D eigenvalue weighted by Crippen LogP contribution is 2.40. The van der Waals surface area contributed by atoms with Gasteiger partial charge in [-0.3, -0.25) is 4.79 Å². The third kappa shape index (κ3) is 7.34. The number of rotatable bonds is 13. The molecule has 0 heterocycles. The molecule has 0 amide bonds. The van der Waals surface area contributed by atoms with Crippen molar-refractivity contribution >= 4 is 5.97 Å². The molecule has 0 aliphatic carbocycles.